The summed E-state index contributed by atoms with van der Waals surface area (Å²) in [6.45, 7) is 1.76. The fourth-order valence-corrected chi connectivity index (χ4v) is 1.78. The first-order valence-corrected chi connectivity index (χ1v) is 5.76. The standard InChI is InChI=1S/C11H8BrClN2O/c1-7-14-10(13)6-11(15-7)16-9-5-3-2-4-8(9)12/h2-6H,1H3. The molecule has 2 rings (SSSR count). The molecular weight excluding hydrogens is 291 g/mol. The maximum absolute atomic E-state index is 5.81. The van der Waals surface area contributed by atoms with Gasteiger partial charge >= 0.3 is 0 Å². The number of hydrogen-bond donors (Lipinski definition) is 0. The van der Waals surface area contributed by atoms with Crippen molar-refractivity contribution < 1.29 is 4.74 Å². The highest BCUT2D eigenvalue weighted by Crippen LogP contribution is 2.28. The Kier molecular flexibility index (Phi) is 3.41. The zero-order valence-corrected chi connectivity index (χ0v) is 10.8. The summed E-state index contributed by atoms with van der Waals surface area (Å²) < 4.78 is 6.45. The maximum atomic E-state index is 5.81. The van der Waals surface area contributed by atoms with Crippen LogP contribution in [0.2, 0.25) is 5.15 Å². The molecule has 0 aliphatic carbocycles. The molecule has 5 heteroatoms. The quantitative estimate of drug-likeness (QED) is 0.786. The molecule has 0 aliphatic rings. The van der Waals surface area contributed by atoms with Crippen molar-refractivity contribution in [3.63, 3.8) is 0 Å². The topological polar surface area (TPSA) is 35.0 Å². The molecule has 0 bridgehead atoms. The molecule has 0 saturated heterocycles. The van der Waals surface area contributed by atoms with E-state index in [-0.39, 0.29) is 0 Å². The third-order valence-corrected chi connectivity index (χ3v) is 2.68. The van der Waals surface area contributed by atoms with E-state index in [1.165, 1.54) is 0 Å². The van der Waals surface area contributed by atoms with Crippen LogP contribution in [-0.2, 0) is 0 Å². The Morgan fingerprint density at radius 3 is 2.69 bits per heavy atom. The zero-order chi connectivity index (χ0) is 11.5. The van der Waals surface area contributed by atoms with Crippen molar-refractivity contribution in [2.75, 3.05) is 0 Å². The Morgan fingerprint density at radius 2 is 2.00 bits per heavy atom. The average molecular weight is 300 g/mol. The number of aromatic nitrogens is 2. The summed E-state index contributed by atoms with van der Waals surface area (Å²) in [5.41, 5.74) is 0. The molecule has 0 amide bonds. The number of ether oxygens (including phenoxy) is 1. The van der Waals surface area contributed by atoms with E-state index in [0.717, 1.165) is 4.47 Å². The average Bonchev–Trinajstić information content (AvgIpc) is 2.20. The van der Waals surface area contributed by atoms with E-state index < -0.39 is 0 Å². The highest BCUT2D eigenvalue weighted by atomic mass is 79.9. The minimum Gasteiger partial charge on any atom is -0.438 e. The van der Waals surface area contributed by atoms with E-state index in [1.54, 1.807) is 13.0 Å². The molecule has 2 aromatic rings. The molecule has 3 nitrogen and oxygen atoms in total. The minimum atomic E-state index is 0.370. The number of halogens is 2. The summed E-state index contributed by atoms with van der Waals surface area (Å²) in [6, 6.07) is 9.11. The largest absolute Gasteiger partial charge is 0.438 e. The van der Waals surface area contributed by atoms with E-state index in [9.17, 15) is 0 Å². The normalized spacial score (nSPS) is 10.2. The van der Waals surface area contributed by atoms with Gasteiger partial charge in [-0.1, -0.05) is 23.7 Å². The zero-order valence-electron chi connectivity index (χ0n) is 8.45. The summed E-state index contributed by atoms with van der Waals surface area (Å²) >= 11 is 9.20. The van der Waals surface area contributed by atoms with Gasteiger partial charge in [-0.2, -0.15) is 4.98 Å². The van der Waals surface area contributed by atoms with Gasteiger partial charge in [0.1, 0.15) is 16.7 Å². The Morgan fingerprint density at radius 1 is 1.25 bits per heavy atom. The molecule has 0 saturated carbocycles. The number of aryl methyl sites for hydroxylation is 1. The second-order valence-corrected chi connectivity index (χ2v) is 4.35. The summed E-state index contributed by atoms with van der Waals surface area (Å²) in [5, 5.41) is 0.370. The van der Waals surface area contributed by atoms with Crippen LogP contribution in [0.4, 0.5) is 0 Å². The fraction of sp³-hybridized carbons (Fsp3) is 0.0909. The second-order valence-electron chi connectivity index (χ2n) is 3.11. The number of rotatable bonds is 2. The van der Waals surface area contributed by atoms with E-state index in [4.69, 9.17) is 16.3 Å². The first-order valence-electron chi connectivity index (χ1n) is 4.59. The van der Waals surface area contributed by atoms with Crippen molar-refractivity contribution in [3.8, 4) is 11.6 Å². The number of para-hydroxylation sites is 1. The smallest absolute Gasteiger partial charge is 0.224 e. The molecule has 0 aliphatic heterocycles. The van der Waals surface area contributed by atoms with Crippen LogP contribution < -0.4 is 4.74 Å². The molecule has 1 aromatic carbocycles. The second kappa shape index (κ2) is 4.80. The van der Waals surface area contributed by atoms with Crippen LogP contribution in [0, 0.1) is 6.92 Å². The number of hydrogen-bond acceptors (Lipinski definition) is 3. The van der Waals surface area contributed by atoms with E-state index >= 15 is 0 Å². The van der Waals surface area contributed by atoms with Crippen molar-refractivity contribution in [2.45, 2.75) is 6.92 Å². The van der Waals surface area contributed by atoms with Gasteiger partial charge in [0.15, 0.2) is 0 Å². The monoisotopic (exact) mass is 298 g/mol. The highest BCUT2D eigenvalue weighted by Gasteiger charge is 2.05. The summed E-state index contributed by atoms with van der Waals surface area (Å²) in [6.07, 6.45) is 0. The van der Waals surface area contributed by atoms with E-state index in [2.05, 4.69) is 25.9 Å². The molecule has 0 fully saturated rings. The van der Waals surface area contributed by atoms with Crippen molar-refractivity contribution in [3.05, 3.63) is 45.8 Å². The van der Waals surface area contributed by atoms with Gasteiger partial charge in [-0.25, -0.2) is 4.98 Å². The van der Waals surface area contributed by atoms with E-state index in [0.29, 0.717) is 22.6 Å². The van der Waals surface area contributed by atoms with Gasteiger partial charge in [0.2, 0.25) is 5.88 Å². The van der Waals surface area contributed by atoms with Gasteiger partial charge in [0, 0.05) is 6.07 Å². The Hall–Kier alpha value is -1.13. The van der Waals surface area contributed by atoms with Crippen LogP contribution in [0.3, 0.4) is 0 Å². The molecule has 1 aromatic heterocycles. The van der Waals surface area contributed by atoms with Crippen LogP contribution >= 0.6 is 27.5 Å². The van der Waals surface area contributed by atoms with Gasteiger partial charge in [0.05, 0.1) is 4.47 Å². The molecule has 16 heavy (non-hydrogen) atoms. The Bertz CT molecular complexity index is 499. The van der Waals surface area contributed by atoms with Gasteiger partial charge in [-0.3, -0.25) is 0 Å². The summed E-state index contributed by atoms with van der Waals surface area (Å²) in [4.78, 5) is 8.09. The predicted octanol–water partition coefficient (Wildman–Crippen LogP) is 3.99. The predicted molar refractivity (Wildman–Crippen MR) is 66.0 cm³/mol. The lowest BCUT2D eigenvalue weighted by Gasteiger charge is -2.06. The third kappa shape index (κ3) is 2.71. The Balaban J connectivity index is 2.30. The molecule has 0 spiro atoms. The molecular formula is C11H8BrClN2O. The third-order valence-electron chi connectivity index (χ3n) is 1.83. The van der Waals surface area contributed by atoms with Crippen molar-refractivity contribution in [1.29, 1.82) is 0 Å². The lowest BCUT2D eigenvalue weighted by molar-refractivity contribution is 0.457. The van der Waals surface area contributed by atoms with Crippen LogP contribution in [0.5, 0.6) is 11.6 Å². The molecule has 0 unspecified atom stereocenters. The lowest BCUT2D eigenvalue weighted by Crippen LogP contribution is -1.93. The summed E-state index contributed by atoms with van der Waals surface area (Å²) in [7, 11) is 0. The fourth-order valence-electron chi connectivity index (χ4n) is 1.20. The van der Waals surface area contributed by atoms with Crippen LogP contribution in [0.1, 0.15) is 5.82 Å². The van der Waals surface area contributed by atoms with Crippen LogP contribution in [-0.4, -0.2) is 9.97 Å². The van der Waals surface area contributed by atoms with E-state index in [1.807, 2.05) is 24.3 Å². The molecule has 82 valence electrons. The number of nitrogens with zero attached hydrogens (tertiary/aromatic N) is 2. The van der Waals surface area contributed by atoms with Gasteiger partial charge in [0.25, 0.3) is 0 Å². The van der Waals surface area contributed by atoms with Crippen LogP contribution in [0.25, 0.3) is 0 Å². The van der Waals surface area contributed by atoms with Crippen molar-refractivity contribution in [2.24, 2.45) is 0 Å². The number of benzene rings is 1. The van der Waals surface area contributed by atoms with Gasteiger partial charge in [-0.15, -0.1) is 0 Å². The van der Waals surface area contributed by atoms with Gasteiger partial charge in [-0.05, 0) is 35.0 Å². The first-order chi connectivity index (χ1) is 7.65. The SMILES string of the molecule is Cc1nc(Cl)cc(Oc2ccccc2Br)n1. The molecule has 0 N–H and O–H groups in total. The maximum Gasteiger partial charge on any atom is 0.224 e. The molecule has 1 heterocycles. The molecule has 0 radical (unpaired) electrons. The summed E-state index contributed by atoms with van der Waals surface area (Å²) in [5.74, 6) is 1.70. The minimum absolute atomic E-state index is 0.370. The Labute approximate surface area is 107 Å². The van der Waals surface area contributed by atoms with Crippen molar-refractivity contribution in [1.82, 2.24) is 9.97 Å². The highest BCUT2D eigenvalue weighted by molar-refractivity contribution is 9.10. The van der Waals surface area contributed by atoms with Crippen LogP contribution in [0.15, 0.2) is 34.8 Å². The lowest BCUT2D eigenvalue weighted by atomic mass is 10.3. The first kappa shape index (κ1) is 11.4. The van der Waals surface area contributed by atoms with Crippen molar-refractivity contribution >= 4 is 27.5 Å². The van der Waals surface area contributed by atoms with Gasteiger partial charge < -0.3 is 4.74 Å². The molecule has 0 atom stereocenters.